The Morgan fingerprint density at radius 2 is 2.17 bits per heavy atom. The first-order valence-corrected chi connectivity index (χ1v) is 5.95. The number of para-hydroxylation sites is 1. The van der Waals surface area contributed by atoms with Gasteiger partial charge in [0.1, 0.15) is 5.75 Å². The summed E-state index contributed by atoms with van der Waals surface area (Å²) in [6.45, 7) is 2.54. The fourth-order valence-corrected chi connectivity index (χ4v) is 2.14. The van der Waals surface area contributed by atoms with Gasteiger partial charge in [-0.1, -0.05) is 12.1 Å². The third kappa shape index (κ3) is 2.63. The first-order valence-electron chi connectivity index (χ1n) is 5.95. The molecule has 2 unspecified atom stereocenters. The summed E-state index contributed by atoms with van der Waals surface area (Å²) in [7, 11) is 0. The van der Waals surface area contributed by atoms with E-state index in [0.717, 1.165) is 0 Å². The fraction of sp³-hybridized carbons (Fsp3) is 0.462. The van der Waals surface area contributed by atoms with Crippen molar-refractivity contribution in [3.8, 4) is 5.75 Å². The van der Waals surface area contributed by atoms with Gasteiger partial charge in [-0.25, -0.2) is 0 Å². The minimum atomic E-state index is -0.358. The number of hydrogen-bond donors (Lipinski definition) is 2. The van der Waals surface area contributed by atoms with Crippen molar-refractivity contribution in [2.45, 2.75) is 19.1 Å². The Hall–Kier alpha value is -1.59. The second-order valence-electron chi connectivity index (χ2n) is 4.48. The van der Waals surface area contributed by atoms with E-state index in [1.807, 2.05) is 6.92 Å². The lowest BCUT2D eigenvalue weighted by atomic mass is 10.1. The lowest BCUT2D eigenvalue weighted by molar-refractivity contribution is -0.0859. The van der Waals surface area contributed by atoms with Crippen LogP contribution in [0.25, 0.3) is 0 Å². The predicted octanol–water partition coefficient (Wildman–Crippen LogP) is 0.614. The monoisotopic (exact) mass is 251 g/mol. The number of hydrogen-bond acceptors (Lipinski definition) is 4. The van der Waals surface area contributed by atoms with Gasteiger partial charge in [0.05, 0.1) is 24.4 Å². The van der Waals surface area contributed by atoms with Gasteiger partial charge in [0.25, 0.3) is 5.91 Å². The SMILES string of the molecule is CC1CN(C(=O)c2ccccc2O)CC(CO)O1. The van der Waals surface area contributed by atoms with Crippen molar-refractivity contribution < 1.29 is 19.7 Å². The van der Waals surface area contributed by atoms with Crippen LogP contribution in [0.2, 0.25) is 0 Å². The molecule has 1 amide bonds. The maximum absolute atomic E-state index is 12.3. The molecule has 2 rings (SSSR count). The van der Waals surface area contributed by atoms with Gasteiger partial charge in [-0.3, -0.25) is 4.79 Å². The molecule has 18 heavy (non-hydrogen) atoms. The largest absolute Gasteiger partial charge is 0.507 e. The number of carbonyl (C=O) groups is 1. The molecule has 5 heteroatoms. The maximum Gasteiger partial charge on any atom is 0.257 e. The number of ether oxygens (including phenoxy) is 1. The number of aliphatic hydroxyl groups is 1. The van der Waals surface area contributed by atoms with Crippen molar-refractivity contribution in [2.24, 2.45) is 0 Å². The topological polar surface area (TPSA) is 70.0 Å². The van der Waals surface area contributed by atoms with Gasteiger partial charge in [-0.15, -0.1) is 0 Å². The van der Waals surface area contributed by atoms with Crippen molar-refractivity contribution in [3.05, 3.63) is 29.8 Å². The van der Waals surface area contributed by atoms with E-state index in [2.05, 4.69) is 0 Å². The molecule has 1 heterocycles. The van der Waals surface area contributed by atoms with E-state index in [1.165, 1.54) is 6.07 Å². The minimum absolute atomic E-state index is 0.0257. The molecule has 0 aromatic heterocycles. The zero-order valence-electron chi connectivity index (χ0n) is 10.2. The number of benzene rings is 1. The van der Waals surface area contributed by atoms with E-state index in [-0.39, 0.29) is 36.0 Å². The number of nitrogens with zero attached hydrogens (tertiary/aromatic N) is 1. The quantitative estimate of drug-likeness (QED) is 0.808. The Morgan fingerprint density at radius 1 is 1.44 bits per heavy atom. The highest BCUT2D eigenvalue weighted by Crippen LogP contribution is 2.20. The van der Waals surface area contributed by atoms with Crippen LogP contribution in [0.15, 0.2) is 24.3 Å². The molecule has 0 spiro atoms. The maximum atomic E-state index is 12.3. The van der Waals surface area contributed by atoms with E-state index in [4.69, 9.17) is 9.84 Å². The number of rotatable bonds is 2. The molecule has 0 radical (unpaired) electrons. The average molecular weight is 251 g/mol. The first kappa shape index (κ1) is 12.9. The van der Waals surface area contributed by atoms with E-state index in [0.29, 0.717) is 13.1 Å². The van der Waals surface area contributed by atoms with E-state index < -0.39 is 0 Å². The minimum Gasteiger partial charge on any atom is -0.507 e. The number of amides is 1. The number of aliphatic hydroxyl groups excluding tert-OH is 1. The van der Waals surface area contributed by atoms with Crippen LogP contribution in [0.1, 0.15) is 17.3 Å². The fourth-order valence-electron chi connectivity index (χ4n) is 2.14. The lowest BCUT2D eigenvalue weighted by Crippen LogP contribution is -2.50. The molecule has 1 aromatic rings. The molecule has 98 valence electrons. The summed E-state index contributed by atoms with van der Waals surface area (Å²) in [5.74, 6) is -0.260. The van der Waals surface area contributed by atoms with Crippen LogP contribution in [0.3, 0.4) is 0 Å². The van der Waals surface area contributed by atoms with Gasteiger partial charge in [-0.2, -0.15) is 0 Å². The zero-order chi connectivity index (χ0) is 13.1. The number of phenols is 1. The van der Waals surface area contributed by atoms with Crippen LogP contribution in [0, 0.1) is 0 Å². The van der Waals surface area contributed by atoms with Crippen molar-refractivity contribution in [3.63, 3.8) is 0 Å². The molecular weight excluding hydrogens is 234 g/mol. The molecule has 5 nitrogen and oxygen atoms in total. The second kappa shape index (κ2) is 5.37. The third-order valence-corrected chi connectivity index (χ3v) is 2.95. The molecule has 2 N–H and O–H groups in total. The summed E-state index contributed by atoms with van der Waals surface area (Å²) in [4.78, 5) is 13.9. The van der Waals surface area contributed by atoms with Gasteiger partial charge in [0.15, 0.2) is 0 Å². The second-order valence-corrected chi connectivity index (χ2v) is 4.48. The summed E-state index contributed by atoms with van der Waals surface area (Å²) in [5, 5.41) is 18.8. The summed E-state index contributed by atoms with van der Waals surface area (Å²) in [6, 6.07) is 6.46. The van der Waals surface area contributed by atoms with Crippen molar-refractivity contribution in [2.75, 3.05) is 19.7 Å². The predicted molar refractivity (Wildman–Crippen MR) is 65.4 cm³/mol. The smallest absolute Gasteiger partial charge is 0.257 e. The van der Waals surface area contributed by atoms with Gasteiger partial charge in [0, 0.05) is 13.1 Å². The highest BCUT2D eigenvalue weighted by molar-refractivity contribution is 5.96. The number of carbonyl (C=O) groups excluding carboxylic acids is 1. The van der Waals surface area contributed by atoms with Crippen LogP contribution in [0.5, 0.6) is 5.75 Å². The average Bonchev–Trinajstić information content (AvgIpc) is 2.37. The Morgan fingerprint density at radius 3 is 2.83 bits per heavy atom. The lowest BCUT2D eigenvalue weighted by Gasteiger charge is -2.36. The zero-order valence-corrected chi connectivity index (χ0v) is 10.2. The van der Waals surface area contributed by atoms with Crippen LogP contribution in [0.4, 0.5) is 0 Å². The Bertz CT molecular complexity index is 435. The molecule has 1 aromatic carbocycles. The molecule has 2 atom stereocenters. The third-order valence-electron chi connectivity index (χ3n) is 2.95. The van der Waals surface area contributed by atoms with Crippen LogP contribution >= 0.6 is 0 Å². The van der Waals surface area contributed by atoms with E-state index in [9.17, 15) is 9.90 Å². The summed E-state index contributed by atoms with van der Waals surface area (Å²) < 4.78 is 5.48. The highest BCUT2D eigenvalue weighted by Gasteiger charge is 2.29. The Kier molecular flexibility index (Phi) is 3.84. The van der Waals surface area contributed by atoms with E-state index in [1.54, 1.807) is 23.1 Å². The normalized spacial score (nSPS) is 24.0. The Labute approximate surface area is 106 Å². The molecule has 0 bridgehead atoms. The molecular formula is C13H17NO4. The van der Waals surface area contributed by atoms with Crippen molar-refractivity contribution >= 4 is 5.91 Å². The molecule has 1 saturated heterocycles. The van der Waals surface area contributed by atoms with E-state index >= 15 is 0 Å². The molecule has 1 aliphatic rings. The van der Waals surface area contributed by atoms with Crippen LogP contribution in [-0.2, 0) is 4.74 Å². The number of aromatic hydroxyl groups is 1. The van der Waals surface area contributed by atoms with Crippen molar-refractivity contribution in [1.82, 2.24) is 4.90 Å². The standard InChI is InChI=1S/C13H17NO4/c1-9-6-14(7-10(8-15)18-9)13(17)11-4-2-3-5-12(11)16/h2-5,9-10,15-16H,6-8H2,1H3. The number of morpholine rings is 1. The number of phenolic OH excluding ortho intramolecular Hbond substituents is 1. The molecule has 0 saturated carbocycles. The van der Waals surface area contributed by atoms with Gasteiger partial charge < -0.3 is 19.8 Å². The molecule has 1 aliphatic heterocycles. The Balaban J connectivity index is 2.16. The molecule has 1 fully saturated rings. The summed E-state index contributed by atoms with van der Waals surface area (Å²) in [6.07, 6.45) is -0.478. The van der Waals surface area contributed by atoms with Gasteiger partial charge in [-0.05, 0) is 19.1 Å². The van der Waals surface area contributed by atoms with Crippen LogP contribution < -0.4 is 0 Å². The van der Waals surface area contributed by atoms with Gasteiger partial charge >= 0.3 is 0 Å². The highest BCUT2D eigenvalue weighted by atomic mass is 16.5. The van der Waals surface area contributed by atoms with Crippen LogP contribution in [-0.4, -0.2) is 52.9 Å². The summed E-state index contributed by atoms with van der Waals surface area (Å²) in [5.41, 5.74) is 0.281. The van der Waals surface area contributed by atoms with Crippen molar-refractivity contribution in [1.29, 1.82) is 0 Å². The first-order chi connectivity index (χ1) is 8.61. The molecule has 0 aliphatic carbocycles. The van der Waals surface area contributed by atoms with Gasteiger partial charge in [0.2, 0.25) is 0 Å². The summed E-state index contributed by atoms with van der Waals surface area (Å²) >= 11 is 0.